The van der Waals surface area contributed by atoms with Crippen LogP contribution in [-0.4, -0.2) is 125 Å². The molecule has 4 N–H and O–H groups in total. The van der Waals surface area contributed by atoms with Gasteiger partial charge < -0.3 is 43.6 Å². The Bertz CT molecular complexity index is 1840. The molecule has 0 aromatic heterocycles. The number of hydrogen-bond acceptors (Lipinski definition) is 14. The number of carbonyl (C=O) groups is 3. The lowest BCUT2D eigenvalue weighted by atomic mass is 10.0. The molecule has 2 aliphatic rings. The molecule has 2 heterocycles. The number of alkyl carbamates (subject to hydrolysis) is 1. The monoisotopic (exact) mass is 898 g/mol. The van der Waals surface area contributed by atoms with Crippen LogP contribution in [-0.2, 0) is 54.3 Å². The van der Waals surface area contributed by atoms with Crippen LogP contribution in [0, 0.1) is 11.8 Å². The van der Waals surface area contributed by atoms with Gasteiger partial charge in [0, 0.05) is 13.1 Å². The number of nitrogens with one attached hydrogen (secondary N) is 3. The third-order valence-electron chi connectivity index (χ3n) is 10.1. The van der Waals surface area contributed by atoms with Crippen molar-refractivity contribution in [3.8, 4) is 11.5 Å². The standard InChI is InChI=1S/C41H63N4O14PS/c1-8-33(38(47)54-10-3)43-60(50,44-34(9-2)39(48)55-11-4)26-58-30-14-12-28(13-15-30)22-35(42-41(49)59-37-25-57-40-32(37)20-21-56-40)36(46)24-45(23-27(5)6)61(51,52)31-18-16-29(53-7)17-19-31/h12-19,27,32-37,40,46H,8-11,20-26H2,1-7H3,(H,42,49)(H2,43,44,50)/t32-,33-,34-,35-,36+,37-,40+/m0/s1. The number of rotatable bonds is 25. The number of ether oxygens (including phenoxy) is 7. The Kier molecular flexibility index (Phi) is 19.3. The van der Waals surface area contributed by atoms with E-state index in [0.29, 0.717) is 24.3 Å². The first-order valence-electron chi connectivity index (χ1n) is 20.8. The van der Waals surface area contributed by atoms with Crippen molar-refractivity contribution in [2.45, 2.75) is 109 Å². The summed E-state index contributed by atoms with van der Waals surface area (Å²) in [5.74, 6) is -0.673. The van der Waals surface area contributed by atoms with Crippen LogP contribution in [0.4, 0.5) is 4.79 Å². The Morgan fingerprint density at radius 2 is 1.48 bits per heavy atom. The van der Waals surface area contributed by atoms with E-state index < -0.39 is 78.5 Å². The molecule has 2 saturated heterocycles. The number of carbonyl (C=O) groups excluding carboxylic acids is 3. The summed E-state index contributed by atoms with van der Waals surface area (Å²) in [4.78, 5) is 38.8. The highest BCUT2D eigenvalue weighted by atomic mass is 32.2. The average molecular weight is 899 g/mol. The third kappa shape index (κ3) is 14.4. The summed E-state index contributed by atoms with van der Waals surface area (Å²) in [6.45, 7) is 11.1. The number of nitrogens with zero attached hydrogens (tertiary/aromatic N) is 1. The lowest BCUT2D eigenvalue weighted by Gasteiger charge is -2.31. The molecule has 342 valence electrons. The number of sulfonamides is 1. The molecule has 20 heteroatoms. The molecule has 0 radical (unpaired) electrons. The minimum absolute atomic E-state index is 0.0161. The van der Waals surface area contributed by atoms with Crippen molar-refractivity contribution < 1.29 is 65.6 Å². The van der Waals surface area contributed by atoms with Gasteiger partial charge in [-0.3, -0.25) is 14.2 Å². The van der Waals surface area contributed by atoms with Crippen LogP contribution in [0.1, 0.15) is 66.4 Å². The number of methoxy groups -OCH3 is 1. The van der Waals surface area contributed by atoms with E-state index in [4.69, 9.17) is 33.2 Å². The maximum absolute atomic E-state index is 14.4. The van der Waals surface area contributed by atoms with Crippen molar-refractivity contribution >= 4 is 35.5 Å². The minimum atomic E-state index is -4.10. The topological polar surface area (TPSA) is 227 Å². The normalized spacial score (nSPS) is 19.7. The quantitative estimate of drug-likeness (QED) is 0.0623. The Balaban J connectivity index is 1.55. The molecular formula is C41H63N4O14PS. The lowest BCUT2D eigenvalue weighted by molar-refractivity contribution is -0.145. The number of amides is 1. The maximum atomic E-state index is 14.4. The van der Waals surface area contributed by atoms with Crippen LogP contribution in [0.25, 0.3) is 0 Å². The SMILES string of the molecule is CCOC(=O)[C@H](CC)NP(=O)(COc1ccc(C[C@H](NC(=O)O[C@H]2CO[C@H]3OCC[C@H]32)[C@H](O)CN(CC(C)C)S(=O)(=O)c2ccc(OC)cc2)cc1)N[C@@H](CC)C(=O)OCC. The summed E-state index contributed by atoms with van der Waals surface area (Å²) >= 11 is 0. The third-order valence-corrected chi connectivity index (χ3v) is 13.9. The molecule has 2 aromatic rings. The number of hydrogen-bond donors (Lipinski definition) is 4. The molecule has 7 atom stereocenters. The zero-order chi connectivity index (χ0) is 44.7. The number of aliphatic hydroxyl groups excluding tert-OH is 1. The van der Waals surface area contributed by atoms with Gasteiger partial charge in [0.25, 0.3) is 0 Å². The molecule has 18 nitrogen and oxygen atoms in total. The van der Waals surface area contributed by atoms with E-state index in [-0.39, 0.29) is 74.7 Å². The Morgan fingerprint density at radius 3 is 2.02 bits per heavy atom. The highest BCUT2D eigenvalue weighted by Gasteiger charge is 2.44. The van der Waals surface area contributed by atoms with E-state index in [2.05, 4.69) is 15.5 Å². The molecule has 61 heavy (non-hydrogen) atoms. The second-order valence-corrected chi connectivity index (χ2v) is 19.4. The van der Waals surface area contributed by atoms with E-state index in [9.17, 15) is 32.5 Å². The van der Waals surface area contributed by atoms with E-state index in [1.54, 1.807) is 64.1 Å². The molecule has 1 amide bonds. The van der Waals surface area contributed by atoms with Crippen LogP contribution in [0.3, 0.4) is 0 Å². The van der Waals surface area contributed by atoms with Gasteiger partial charge in [-0.15, -0.1) is 0 Å². The summed E-state index contributed by atoms with van der Waals surface area (Å²) in [7, 11) is -6.44. The lowest BCUT2D eigenvalue weighted by Crippen LogP contribution is -2.51. The predicted octanol–water partition coefficient (Wildman–Crippen LogP) is 4.19. The van der Waals surface area contributed by atoms with Crippen LogP contribution >= 0.6 is 7.44 Å². The minimum Gasteiger partial charge on any atom is -0.497 e. The zero-order valence-corrected chi connectivity index (χ0v) is 37.8. The summed E-state index contributed by atoms with van der Waals surface area (Å²) in [5, 5.41) is 20.3. The fraction of sp³-hybridized carbons (Fsp3) is 0.634. The fourth-order valence-electron chi connectivity index (χ4n) is 6.93. The van der Waals surface area contributed by atoms with Crippen molar-refractivity contribution in [3.63, 3.8) is 0 Å². The number of esters is 2. The molecule has 0 aliphatic carbocycles. The summed E-state index contributed by atoms with van der Waals surface area (Å²) in [5.41, 5.74) is 0.625. The van der Waals surface area contributed by atoms with Crippen LogP contribution < -0.4 is 25.0 Å². The van der Waals surface area contributed by atoms with Gasteiger partial charge >= 0.3 is 18.0 Å². The van der Waals surface area contributed by atoms with Crippen molar-refractivity contribution in [3.05, 3.63) is 54.1 Å². The van der Waals surface area contributed by atoms with E-state index in [1.807, 2.05) is 13.8 Å². The smallest absolute Gasteiger partial charge is 0.407 e. The average Bonchev–Trinajstić information content (AvgIpc) is 3.86. The largest absolute Gasteiger partial charge is 0.497 e. The molecule has 4 rings (SSSR count). The van der Waals surface area contributed by atoms with Crippen LogP contribution in [0.15, 0.2) is 53.4 Å². The fourth-order valence-corrected chi connectivity index (χ4v) is 10.7. The molecule has 0 spiro atoms. The first kappa shape index (κ1) is 49.8. The first-order valence-corrected chi connectivity index (χ1v) is 24.1. The highest BCUT2D eigenvalue weighted by molar-refractivity contribution is 7.89. The number of aliphatic hydroxyl groups is 1. The summed E-state index contributed by atoms with van der Waals surface area (Å²) in [6, 6.07) is 9.57. The molecule has 0 bridgehead atoms. The Morgan fingerprint density at radius 1 is 0.885 bits per heavy atom. The molecule has 0 unspecified atom stereocenters. The highest BCUT2D eigenvalue weighted by Crippen LogP contribution is 2.39. The van der Waals surface area contributed by atoms with Gasteiger partial charge in [-0.2, -0.15) is 4.31 Å². The van der Waals surface area contributed by atoms with Gasteiger partial charge in [0.15, 0.2) is 12.6 Å². The molecule has 2 aromatic carbocycles. The first-order chi connectivity index (χ1) is 29.1. The summed E-state index contributed by atoms with van der Waals surface area (Å²) in [6.07, 6.45) is -2.50. The van der Waals surface area contributed by atoms with Crippen molar-refractivity contribution in [2.24, 2.45) is 11.8 Å². The van der Waals surface area contributed by atoms with Gasteiger partial charge in [-0.1, -0.05) is 39.8 Å². The molecule has 0 saturated carbocycles. The maximum Gasteiger partial charge on any atom is 0.407 e. The molecular weight excluding hydrogens is 836 g/mol. The second kappa shape index (κ2) is 23.6. The van der Waals surface area contributed by atoms with Crippen molar-refractivity contribution in [2.75, 3.05) is 53.0 Å². The van der Waals surface area contributed by atoms with Crippen molar-refractivity contribution in [1.82, 2.24) is 19.8 Å². The predicted molar refractivity (Wildman–Crippen MR) is 225 cm³/mol. The van der Waals surface area contributed by atoms with Gasteiger partial charge in [0.2, 0.25) is 17.5 Å². The van der Waals surface area contributed by atoms with E-state index in [0.717, 1.165) is 0 Å². The van der Waals surface area contributed by atoms with Crippen molar-refractivity contribution in [1.29, 1.82) is 0 Å². The van der Waals surface area contributed by atoms with Gasteiger partial charge in [-0.05, 0) is 87.4 Å². The Hall–Kier alpha value is -3.81. The van der Waals surface area contributed by atoms with Gasteiger partial charge in [0.1, 0.15) is 29.7 Å². The molecule has 2 aliphatic heterocycles. The number of fused-ring (bicyclic) bond motifs is 1. The second-order valence-electron chi connectivity index (χ2n) is 15.2. The van der Waals surface area contributed by atoms with Gasteiger partial charge in [-0.25, -0.2) is 23.4 Å². The van der Waals surface area contributed by atoms with E-state index in [1.165, 1.54) is 23.5 Å². The number of benzene rings is 2. The van der Waals surface area contributed by atoms with Gasteiger partial charge in [0.05, 0.1) is 56.5 Å². The Labute approximate surface area is 359 Å². The van der Waals surface area contributed by atoms with Crippen LogP contribution in [0.2, 0.25) is 0 Å². The molecule has 2 fully saturated rings. The van der Waals surface area contributed by atoms with E-state index >= 15 is 0 Å². The summed E-state index contributed by atoms with van der Waals surface area (Å²) < 4.78 is 81.8. The van der Waals surface area contributed by atoms with Crippen LogP contribution in [0.5, 0.6) is 11.5 Å². The zero-order valence-electron chi connectivity index (χ0n) is 36.1.